The van der Waals surface area contributed by atoms with E-state index < -0.39 is 35.7 Å². The lowest BCUT2D eigenvalue weighted by molar-refractivity contribution is -0.935. The number of carboxylic acids is 3. The van der Waals surface area contributed by atoms with E-state index in [-0.39, 0.29) is 24.1 Å². The van der Waals surface area contributed by atoms with E-state index in [1.807, 2.05) is 20.8 Å². The highest BCUT2D eigenvalue weighted by molar-refractivity contribution is 5.71. The third kappa shape index (κ3) is 20.7. The molecule has 3 atom stereocenters. The van der Waals surface area contributed by atoms with Crippen LogP contribution in [0.2, 0.25) is 0 Å². The number of nitrogens with zero attached hydrogens (tertiary/aromatic N) is 1. The van der Waals surface area contributed by atoms with Crippen molar-refractivity contribution in [3.63, 3.8) is 0 Å². The van der Waals surface area contributed by atoms with Gasteiger partial charge in [-0.2, -0.15) is 0 Å². The number of aliphatic carboxylic acids is 3. The van der Waals surface area contributed by atoms with E-state index in [4.69, 9.17) is 0 Å². The molecule has 0 heterocycles. The molecule has 0 fully saturated rings. The minimum atomic E-state index is -0.887. The van der Waals surface area contributed by atoms with Crippen LogP contribution in [0.5, 0.6) is 0 Å². The number of quaternary nitrogens is 1. The summed E-state index contributed by atoms with van der Waals surface area (Å²) >= 11 is 0. The van der Waals surface area contributed by atoms with Crippen LogP contribution in [0.15, 0.2) is 12.2 Å². The van der Waals surface area contributed by atoms with Gasteiger partial charge in [0, 0.05) is 0 Å². The number of carboxylic acid groups (broad SMARTS) is 3. The first-order valence-electron chi connectivity index (χ1n) is 17.8. The smallest absolute Gasteiger partial charge is 0.312 e. The molecule has 0 aliphatic rings. The monoisotopic (exact) mass is 611 g/mol. The largest absolute Gasteiger partial charge is 0.481 e. The van der Waals surface area contributed by atoms with Gasteiger partial charge in [0.1, 0.15) is 17.8 Å². The number of hydrogen-bond donors (Lipinski definition) is 3. The molecule has 3 unspecified atom stereocenters. The third-order valence-electron chi connectivity index (χ3n) is 9.24. The molecule has 0 spiro atoms. The summed E-state index contributed by atoms with van der Waals surface area (Å²) < 4.78 is 0.260. The average molecular weight is 611 g/mol. The molecule has 0 bridgehead atoms. The molecule has 0 saturated carbocycles. The van der Waals surface area contributed by atoms with E-state index in [0.717, 1.165) is 19.3 Å². The van der Waals surface area contributed by atoms with E-state index >= 15 is 0 Å². The highest BCUT2D eigenvalue weighted by Crippen LogP contribution is 2.25. The van der Waals surface area contributed by atoms with Crippen molar-refractivity contribution in [2.75, 3.05) is 26.2 Å². The minimum Gasteiger partial charge on any atom is -0.481 e. The third-order valence-corrected chi connectivity index (χ3v) is 9.24. The molecular weight excluding hydrogens is 542 g/mol. The predicted octanol–water partition coefficient (Wildman–Crippen LogP) is 9.34. The van der Waals surface area contributed by atoms with Crippen LogP contribution >= 0.6 is 0 Å². The van der Waals surface area contributed by atoms with Crippen molar-refractivity contribution < 1.29 is 34.2 Å². The predicted molar refractivity (Wildman–Crippen MR) is 177 cm³/mol. The van der Waals surface area contributed by atoms with Gasteiger partial charge >= 0.3 is 17.9 Å². The van der Waals surface area contributed by atoms with Crippen LogP contribution in [-0.4, -0.2) is 63.9 Å². The molecule has 7 heteroatoms. The summed E-state index contributed by atoms with van der Waals surface area (Å²) in [5, 5.41) is 29.5. The Morgan fingerprint density at radius 2 is 0.791 bits per heavy atom. The van der Waals surface area contributed by atoms with Gasteiger partial charge in [-0.25, -0.2) is 0 Å². The molecule has 0 aliphatic carbocycles. The van der Waals surface area contributed by atoms with Gasteiger partial charge in [0.2, 0.25) is 0 Å². The van der Waals surface area contributed by atoms with Gasteiger partial charge in [0.05, 0.1) is 26.2 Å². The SMILES string of the molecule is CCCC/C=C/CCCCCCCCCCCCCCC[N+](CC(CC)C(=O)O)(CC(CC)C(=O)O)CC(CC)C(=O)O. The van der Waals surface area contributed by atoms with Crippen LogP contribution in [-0.2, 0) is 14.4 Å². The lowest BCUT2D eigenvalue weighted by Crippen LogP contribution is -2.58. The van der Waals surface area contributed by atoms with Gasteiger partial charge in [-0.3, -0.25) is 14.4 Å². The molecule has 0 aromatic heterocycles. The van der Waals surface area contributed by atoms with Gasteiger partial charge in [-0.1, -0.05) is 117 Å². The number of allylic oxidation sites excluding steroid dienone is 2. The van der Waals surface area contributed by atoms with Crippen LogP contribution < -0.4 is 0 Å². The van der Waals surface area contributed by atoms with Gasteiger partial charge in [-0.15, -0.1) is 0 Å². The van der Waals surface area contributed by atoms with Crippen LogP contribution in [0.3, 0.4) is 0 Å². The van der Waals surface area contributed by atoms with Crippen LogP contribution in [0, 0.1) is 17.8 Å². The topological polar surface area (TPSA) is 112 Å². The van der Waals surface area contributed by atoms with E-state index in [9.17, 15) is 29.7 Å². The molecule has 3 N–H and O–H groups in total. The van der Waals surface area contributed by atoms with Crippen molar-refractivity contribution in [2.45, 2.75) is 156 Å². The average Bonchev–Trinajstić information content (AvgIpc) is 2.98. The number of rotatable bonds is 31. The van der Waals surface area contributed by atoms with E-state index in [0.29, 0.717) is 25.8 Å². The maximum Gasteiger partial charge on any atom is 0.312 e. The number of hydrogen-bond acceptors (Lipinski definition) is 3. The fourth-order valence-corrected chi connectivity index (χ4v) is 6.26. The zero-order valence-corrected chi connectivity index (χ0v) is 28.4. The van der Waals surface area contributed by atoms with Gasteiger partial charge in [0.15, 0.2) is 0 Å². The van der Waals surface area contributed by atoms with E-state index in [1.165, 1.54) is 89.9 Å². The van der Waals surface area contributed by atoms with Crippen LogP contribution in [0.1, 0.15) is 156 Å². The Hall–Kier alpha value is -1.89. The lowest BCUT2D eigenvalue weighted by Gasteiger charge is -2.43. The molecular formula is C36H68NO6+. The van der Waals surface area contributed by atoms with Crippen LogP contribution in [0.25, 0.3) is 0 Å². The lowest BCUT2D eigenvalue weighted by atomic mass is 9.95. The highest BCUT2D eigenvalue weighted by Gasteiger charge is 2.40. The Morgan fingerprint density at radius 1 is 0.488 bits per heavy atom. The highest BCUT2D eigenvalue weighted by atomic mass is 16.4. The minimum absolute atomic E-state index is 0.260. The first-order chi connectivity index (χ1) is 20.7. The van der Waals surface area contributed by atoms with Crippen LogP contribution in [0.4, 0.5) is 0 Å². The number of unbranched alkanes of at least 4 members (excludes halogenated alkanes) is 15. The van der Waals surface area contributed by atoms with Crippen molar-refractivity contribution in [3.05, 3.63) is 12.2 Å². The second-order valence-electron chi connectivity index (χ2n) is 12.9. The summed E-state index contributed by atoms with van der Waals surface area (Å²) in [7, 11) is 0. The van der Waals surface area contributed by atoms with Gasteiger partial charge in [0.25, 0.3) is 0 Å². The molecule has 0 radical (unpaired) electrons. The second kappa shape index (κ2) is 26.5. The molecule has 0 amide bonds. The Labute approximate surface area is 264 Å². The first-order valence-corrected chi connectivity index (χ1v) is 17.8. The zero-order valence-electron chi connectivity index (χ0n) is 28.4. The molecule has 0 aromatic carbocycles. The summed E-state index contributed by atoms with van der Waals surface area (Å²) in [5.74, 6) is -4.51. The Morgan fingerprint density at radius 3 is 1.09 bits per heavy atom. The number of carbonyl (C=O) groups is 3. The van der Waals surface area contributed by atoms with Crippen molar-refractivity contribution in [1.82, 2.24) is 0 Å². The molecule has 0 aromatic rings. The summed E-state index contributed by atoms with van der Waals surface area (Å²) in [6.45, 7) is 9.25. The standard InChI is InChI=1S/C36H67NO6/c1-5-9-10-11-12-13-14-15-16-17-18-19-20-21-22-23-24-25-26-27-37(28-31(6-2)34(38)39,29-32(7-3)35(40)41)30-33(8-4)36(42)43/h11-12,31-33H,5-10,13-30H2,1-4H3,(H2-,38,39,40,41,42,43)/p+1/b12-11+. The maximum absolute atomic E-state index is 12.0. The van der Waals surface area contributed by atoms with Crippen molar-refractivity contribution in [3.8, 4) is 0 Å². The Bertz CT molecular complexity index is 692. The normalized spacial score (nSPS) is 15.3. The molecule has 252 valence electrons. The van der Waals surface area contributed by atoms with E-state index in [1.54, 1.807) is 0 Å². The van der Waals surface area contributed by atoms with Crippen molar-refractivity contribution >= 4 is 17.9 Å². The quantitative estimate of drug-likeness (QED) is 0.0410. The van der Waals surface area contributed by atoms with Crippen molar-refractivity contribution in [1.29, 1.82) is 0 Å². The molecule has 7 nitrogen and oxygen atoms in total. The summed E-state index contributed by atoms with van der Waals surface area (Å²) in [5.41, 5.74) is 0. The molecule has 0 saturated heterocycles. The maximum atomic E-state index is 12.0. The van der Waals surface area contributed by atoms with E-state index in [2.05, 4.69) is 19.1 Å². The summed E-state index contributed by atoms with van der Waals surface area (Å²) in [6, 6.07) is 0. The van der Waals surface area contributed by atoms with Gasteiger partial charge in [-0.05, 0) is 51.4 Å². The zero-order chi connectivity index (χ0) is 32.3. The van der Waals surface area contributed by atoms with Crippen molar-refractivity contribution in [2.24, 2.45) is 17.8 Å². The fraction of sp³-hybridized carbons (Fsp3) is 0.861. The second-order valence-corrected chi connectivity index (χ2v) is 12.9. The Balaban J connectivity index is 4.61. The molecule has 0 aliphatic heterocycles. The summed E-state index contributed by atoms with van der Waals surface area (Å²) in [6.07, 6.45) is 27.0. The molecule has 0 rings (SSSR count). The Kier molecular flexibility index (Phi) is 25.3. The first kappa shape index (κ1) is 41.1. The molecule has 43 heavy (non-hydrogen) atoms. The summed E-state index contributed by atoms with van der Waals surface area (Å²) in [4.78, 5) is 36.0. The van der Waals surface area contributed by atoms with Gasteiger partial charge < -0.3 is 19.8 Å². The fourth-order valence-electron chi connectivity index (χ4n) is 6.26.